The zero-order chi connectivity index (χ0) is 18.7. The molecule has 0 spiro atoms. The first-order valence-corrected chi connectivity index (χ1v) is 9.04. The van der Waals surface area contributed by atoms with Gasteiger partial charge in [-0.15, -0.1) is 0 Å². The van der Waals surface area contributed by atoms with Crippen LogP contribution < -0.4 is 15.8 Å². The van der Waals surface area contributed by atoms with Gasteiger partial charge in [-0.3, -0.25) is 4.79 Å². The van der Waals surface area contributed by atoms with Crippen LogP contribution in [0.2, 0.25) is 5.02 Å². The molecule has 1 amide bonds. The molecule has 3 N–H and O–H groups in total. The van der Waals surface area contributed by atoms with Gasteiger partial charge in [0.2, 0.25) is 0 Å². The van der Waals surface area contributed by atoms with Crippen molar-refractivity contribution in [2.45, 2.75) is 6.92 Å². The first-order chi connectivity index (χ1) is 12.5. The molecule has 1 aromatic heterocycles. The van der Waals surface area contributed by atoms with E-state index in [0.717, 1.165) is 4.47 Å². The fourth-order valence-corrected chi connectivity index (χ4v) is 3.16. The maximum atomic E-state index is 12.4. The predicted octanol–water partition coefficient (Wildman–Crippen LogP) is 5.60. The Hall–Kier alpha value is -2.44. The van der Waals surface area contributed by atoms with Gasteiger partial charge in [0.1, 0.15) is 11.5 Å². The number of nitrogen functional groups attached to an aromatic ring is 1. The van der Waals surface area contributed by atoms with Crippen LogP contribution >= 0.6 is 27.5 Å². The third-order valence-corrected chi connectivity index (χ3v) is 4.41. The Bertz CT molecular complexity index is 956. The highest BCUT2D eigenvalue weighted by atomic mass is 79.9. The molecule has 0 saturated heterocycles. The van der Waals surface area contributed by atoms with Crippen molar-refractivity contribution in [3.63, 3.8) is 0 Å². The van der Waals surface area contributed by atoms with Gasteiger partial charge in [0.15, 0.2) is 5.76 Å². The van der Waals surface area contributed by atoms with Crippen molar-refractivity contribution in [3.8, 4) is 17.1 Å². The van der Waals surface area contributed by atoms with E-state index in [0.29, 0.717) is 40.1 Å². The summed E-state index contributed by atoms with van der Waals surface area (Å²) in [6.07, 6.45) is 0. The van der Waals surface area contributed by atoms with E-state index in [-0.39, 0.29) is 5.76 Å². The SMILES string of the molecule is CCOc1ccc(NC(=O)c2ccc(-c3ccc(Br)cc3Cl)o2)c(N)c1. The summed E-state index contributed by atoms with van der Waals surface area (Å²) in [5, 5.41) is 3.26. The summed E-state index contributed by atoms with van der Waals surface area (Å²) in [4.78, 5) is 12.4. The molecule has 2 aromatic carbocycles. The zero-order valence-electron chi connectivity index (χ0n) is 13.9. The van der Waals surface area contributed by atoms with Crippen LogP contribution in [0.25, 0.3) is 11.3 Å². The monoisotopic (exact) mass is 434 g/mol. The molecule has 5 nitrogen and oxygen atoms in total. The van der Waals surface area contributed by atoms with Crippen LogP contribution in [-0.4, -0.2) is 12.5 Å². The number of hydrogen-bond acceptors (Lipinski definition) is 4. The van der Waals surface area contributed by atoms with Crippen LogP contribution in [0.3, 0.4) is 0 Å². The van der Waals surface area contributed by atoms with E-state index in [4.69, 9.17) is 26.5 Å². The number of ether oxygens (including phenoxy) is 1. The number of carbonyl (C=O) groups excluding carboxylic acids is 1. The molecule has 0 unspecified atom stereocenters. The standard InChI is InChI=1S/C19H16BrClN2O3/c1-2-25-12-4-6-16(15(22)10-12)23-19(24)18-8-7-17(26-18)13-5-3-11(20)9-14(13)21/h3-10H,2,22H2,1H3,(H,23,24). The summed E-state index contributed by atoms with van der Waals surface area (Å²) in [7, 11) is 0. The van der Waals surface area contributed by atoms with Crippen molar-refractivity contribution in [1.82, 2.24) is 0 Å². The van der Waals surface area contributed by atoms with Crippen molar-refractivity contribution in [1.29, 1.82) is 0 Å². The van der Waals surface area contributed by atoms with Gasteiger partial charge >= 0.3 is 0 Å². The second-order valence-corrected chi connectivity index (χ2v) is 6.75. The number of carbonyl (C=O) groups is 1. The Morgan fingerprint density at radius 1 is 1.23 bits per heavy atom. The predicted molar refractivity (Wildman–Crippen MR) is 107 cm³/mol. The van der Waals surface area contributed by atoms with E-state index in [1.165, 1.54) is 0 Å². The molecule has 26 heavy (non-hydrogen) atoms. The Balaban J connectivity index is 1.78. The number of nitrogens with one attached hydrogen (secondary N) is 1. The van der Waals surface area contributed by atoms with E-state index < -0.39 is 5.91 Å². The molecule has 1 heterocycles. The summed E-state index contributed by atoms with van der Waals surface area (Å²) in [5.41, 5.74) is 7.56. The van der Waals surface area contributed by atoms with E-state index in [1.54, 1.807) is 36.4 Å². The minimum atomic E-state index is -0.402. The van der Waals surface area contributed by atoms with Crippen molar-refractivity contribution in [2.75, 3.05) is 17.7 Å². The molecule has 3 rings (SSSR count). The molecule has 3 aromatic rings. The average Bonchev–Trinajstić information content (AvgIpc) is 3.07. The zero-order valence-corrected chi connectivity index (χ0v) is 16.2. The number of furan rings is 1. The summed E-state index contributed by atoms with van der Waals surface area (Å²) in [6.45, 7) is 2.43. The highest BCUT2D eigenvalue weighted by Crippen LogP contribution is 2.32. The quantitative estimate of drug-likeness (QED) is 0.512. The molecule has 0 saturated carbocycles. The maximum absolute atomic E-state index is 12.4. The molecular weight excluding hydrogens is 420 g/mol. The van der Waals surface area contributed by atoms with Crippen molar-refractivity contribution >= 4 is 44.8 Å². The molecule has 0 fully saturated rings. The van der Waals surface area contributed by atoms with Crippen LogP contribution in [0.1, 0.15) is 17.5 Å². The number of amides is 1. The smallest absolute Gasteiger partial charge is 0.291 e. The summed E-state index contributed by atoms with van der Waals surface area (Å²) in [5.74, 6) is 0.910. The highest BCUT2D eigenvalue weighted by Gasteiger charge is 2.15. The molecule has 0 aliphatic heterocycles. The molecular formula is C19H16BrClN2O3. The normalized spacial score (nSPS) is 10.6. The van der Waals surface area contributed by atoms with E-state index in [1.807, 2.05) is 19.1 Å². The molecule has 0 aliphatic rings. The lowest BCUT2D eigenvalue weighted by molar-refractivity contribution is 0.0997. The largest absolute Gasteiger partial charge is 0.494 e. The molecule has 7 heteroatoms. The molecule has 134 valence electrons. The van der Waals surface area contributed by atoms with Gasteiger partial charge in [-0.25, -0.2) is 0 Å². The lowest BCUT2D eigenvalue weighted by Gasteiger charge is -2.09. The number of rotatable bonds is 5. The number of hydrogen-bond donors (Lipinski definition) is 2. The second-order valence-electron chi connectivity index (χ2n) is 5.42. The topological polar surface area (TPSA) is 77.5 Å². The van der Waals surface area contributed by atoms with Crippen LogP contribution in [0.4, 0.5) is 11.4 Å². The molecule has 0 aliphatic carbocycles. The maximum Gasteiger partial charge on any atom is 0.291 e. The van der Waals surface area contributed by atoms with Gasteiger partial charge in [-0.2, -0.15) is 0 Å². The Morgan fingerprint density at radius 3 is 2.73 bits per heavy atom. The Kier molecular flexibility index (Phi) is 5.54. The molecule has 0 atom stereocenters. The second kappa shape index (κ2) is 7.85. The fourth-order valence-electron chi connectivity index (χ4n) is 2.39. The van der Waals surface area contributed by atoms with E-state index in [2.05, 4.69) is 21.2 Å². The third kappa shape index (κ3) is 4.03. The van der Waals surface area contributed by atoms with Crippen molar-refractivity contribution < 1.29 is 13.9 Å². The Morgan fingerprint density at radius 2 is 2.04 bits per heavy atom. The molecule has 0 radical (unpaired) electrons. The Labute approximate surface area is 164 Å². The minimum Gasteiger partial charge on any atom is -0.494 e. The highest BCUT2D eigenvalue weighted by molar-refractivity contribution is 9.10. The van der Waals surface area contributed by atoms with Crippen LogP contribution in [0, 0.1) is 0 Å². The van der Waals surface area contributed by atoms with Crippen LogP contribution in [0.5, 0.6) is 5.75 Å². The van der Waals surface area contributed by atoms with Crippen molar-refractivity contribution in [3.05, 3.63) is 63.8 Å². The average molecular weight is 436 g/mol. The summed E-state index contributed by atoms with van der Waals surface area (Å²) < 4.78 is 11.9. The number of halogens is 2. The lowest BCUT2D eigenvalue weighted by atomic mass is 10.2. The van der Waals surface area contributed by atoms with Gasteiger partial charge < -0.3 is 20.2 Å². The number of benzene rings is 2. The van der Waals surface area contributed by atoms with Crippen molar-refractivity contribution in [2.24, 2.45) is 0 Å². The first kappa shape index (κ1) is 18.4. The van der Waals surface area contributed by atoms with Crippen LogP contribution in [0.15, 0.2) is 57.4 Å². The minimum absolute atomic E-state index is 0.160. The first-order valence-electron chi connectivity index (χ1n) is 7.87. The van der Waals surface area contributed by atoms with E-state index >= 15 is 0 Å². The van der Waals surface area contributed by atoms with Gasteiger partial charge in [0.05, 0.1) is 23.0 Å². The number of nitrogens with two attached hydrogens (primary N) is 1. The van der Waals surface area contributed by atoms with Crippen LogP contribution in [-0.2, 0) is 0 Å². The lowest BCUT2D eigenvalue weighted by Crippen LogP contribution is -2.12. The summed E-state index contributed by atoms with van der Waals surface area (Å²) >= 11 is 9.58. The van der Waals surface area contributed by atoms with Gasteiger partial charge in [-0.1, -0.05) is 27.5 Å². The summed E-state index contributed by atoms with van der Waals surface area (Å²) in [6, 6.07) is 13.8. The van der Waals surface area contributed by atoms with Gasteiger partial charge in [0, 0.05) is 16.1 Å². The molecule has 0 bridgehead atoms. The number of anilines is 2. The van der Waals surface area contributed by atoms with Gasteiger partial charge in [-0.05, 0) is 49.4 Å². The van der Waals surface area contributed by atoms with E-state index in [9.17, 15) is 4.79 Å². The fraction of sp³-hybridized carbons (Fsp3) is 0.105. The third-order valence-electron chi connectivity index (χ3n) is 3.61. The van der Waals surface area contributed by atoms with Gasteiger partial charge in [0.25, 0.3) is 5.91 Å².